The SMILES string of the molecule is CC1[C@H](C(=O)Nc2ccc(F)c(C(=O)Nc3ccc(F)c(NC(=O)C(F)F)c3F)c2)C1(Cl)Cl. The Bertz CT molecular complexity index is 1150. The number of benzene rings is 2. The van der Waals surface area contributed by atoms with Crippen LogP contribution >= 0.6 is 23.2 Å². The van der Waals surface area contributed by atoms with Crippen LogP contribution in [0.25, 0.3) is 0 Å². The molecule has 0 bridgehead atoms. The minimum atomic E-state index is -3.55. The van der Waals surface area contributed by atoms with Crippen molar-refractivity contribution < 1.29 is 36.3 Å². The molecule has 2 aromatic carbocycles. The van der Waals surface area contributed by atoms with E-state index in [1.165, 1.54) is 5.32 Å². The second kappa shape index (κ2) is 9.14. The van der Waals surface area contributed by atoms with Gasteiger partial charge < -0.3 is 16.0 Å². The quantitative estimate of drug-likeness (QED) is 0.380. The van der Waals surface area contributed by atoms with Gasteiger partial charge in [0.2, 0.25) is 5.91 Å². The molecule has 33 heavy (non-hydrogen) atoms. The molecule has 2 aromatic rings. The summed E-state index contributed by atoms with van der Waals surface area (Å²) in [6, 6.07) is 4.34. The average molecular weight is 510 g/mol. The number of carbonyl (C=O) groups is 3. The molecule has 0 spiro atoms. The van der Waals surface area contributed by atoms with Gasteiger partial charge in [-0.05, 0) is 30.3 Å². The van der Waals surface area contributed by atoms with Crippen molar-refractivity contribution in [1.82, 2.24) is 0 Å². The predicted octanol–water partition coefficient (Wildman–Crippen LogP) is 4.94. The molecule has 6 nitrogen and oxygen atoms in total. The van der Waals surface area contributed by atoms with Crippen LogP contribution in [0.3, 0.4) is 0 Å². The fourth-order valence-corrected chi connectivity index (χ4v) is 3.71. The molecule has 1 unspecified atom stereocenters. The topological polar surface area (TPSA) is 87.3 Å². The lowest BCUT2D eigenvalue weighted by molar-refractivity contribution is -0.126. The van der Waals surface area contributed by atoms with Crippen LogP contribution in [0.4, 0.5) is 39.0 Å². The smallest absolute Gasteiger partial charge is 0.315 e. The minimum absolute atomic E-state index is 0.0132. The molecule has 3 rings (SSSR count). The van der Waals surface area contributed by atoms with Crippen LogP contribution in [0.1, 0.15) is 17.3 Å². The molecule has 0 saturated heterocycles. The summed E-state index contributed by atoms with van der Waals surface area (Å²) in [6.07, 6.45) is -3.55. The Balaban J connectivity index is 1.80. The van der Waals surface area contributed by atoms with Crippen molar-refractivity contribution in [3.8, 4) is 0 Å². The Labute approximate surface area is 193 Å². The zero-order valence-electron chi connectivity index (χ0n) is 16.5. The molecule has 2 atom stereocenters. The summed E-state index contributed by atoms with van der Waals surface area (Å²) in [7, 11) is 0. The zero-order valence-corrected chi connectivity index (χ0v) is 18.0. The van der Waals surface area contributed by atoms with Gasteiger partial charge in [0.25, 0.3) is 11.8 Å². The Morgan fingerprint density at radius 1 is 0.970 bits per heavy atom. The van der Waals surface area contributed by atoms with E-state index in [4.69, 9.17) is 23.2 Å². The summed E-state index contributed by atoms with van der Waals surface area (Å²) in [5.74, 6) is -8.76. The molecular formula is C20H14Cl2F5N3O3. The number of carbonyl (C=O) groups excluding carboxylic acids is 3. The van der Waals surface area contributed by atoms with Gasteiger partial charge in [-0.2, -0.15) is 8.78 Å². The molecule has 0 radical (unpaired) electrons. The number of halogens is 7. The van der Waals surface area contributed by atoms with Crippen molar-refractivity contribution in [2.45, 2.75) is 17.7 Å². The molecule has 13 heteroatoms. The first-order valence-corrected chi connectivity index (χ1v) is 9.96. The molecule has 0 aliphatic heterocycles. The maximum absolute atomic E-state index is 14.5. The number of hydrogen-bond donors (Lipinski definition) is 3. The fraction of sp³-hybridized carbons (Fsp3) is 0.250. The van der Waals surface area contributed by atoms with E-state index in [1.54, 1.807) is 6.92 Å². The third-order valence-electron chi connectivity index (χ3n) is 4.96. The molecule has 0 aromatic heterocycles. The van der Waals surface area contributed by atoms with Crippen LogP contribution < -0.4 is 16.0 Å². The lowest BCUT2D eigenvalue weighted by Crippen LogP contribution is -2.22. The second-order valence-electron chi connectivity index (χ2n) is 7.15. The van der Waals surface area contributed by atoms with Crippen LogP contribution in [-0.4, -0.2) is 28.5 Å². The van der Waals surface area contributed by atoms with Crippen molar-refractivity contribution in [2.75, 3.05) is 16.0 Å². The predicted molar refractivity (Wildman–Crippen MR) is 111 cm³/mol. The number of amides is 3. The first kappa shape index (κ1) is 24.7. The number of hydrogen-bond acceptors (Lipinski definition) is 3. The molecular weight excluding hydrogens is 496 g/mol. The zero-order chi connectivity index (χ0) is 24.7. The van der Waals surface area contributed by atoms with E-state index in [9.17, 15) is 36.3 Å². The average Bonchev–Trinajstić information content (AvgIpc) is 3.25. The summed E-state index contributed by atoms with van der Waals surface area (Å²) in [5.41, 5.74) is -2.55. The Hall–Kier alpha value is -2.92. The summed E-state index contributed by atoms with van der Waals surface area (Å²) in [4.78, 5) is 35.8. The number of rotatable bonds is 6. The molecule has 1 saturated carbocycles. The van der Waals surface area contributed by atoms with Gasteiger partial charge in [0.1, 0.15) is 21.7 Å². The highest BCUT2D eigenvalue weighted by atomic mass is 35.5. The lowest BCUT2D eigenvalue weighted by Gasteiger charge is -2.13. The van der Waals surface area contributed by atoms with Crippen molar-refractivity contribution in [3.05, 3.63) is 53.3 Å². The van der Waals surface area contributed by atoms with Gasteiger partial charge in [-0.15, -0.1) is 23.2 Å². The standard InChI is InChI=1S/C20H14Cl2F5N3O3/c1-7-13(20(7,21)22)18(32)28-8-2-3-10(23)9(6-8)17(31)29-12-5-4-11(24)15(14(12)25)30-19(33)16(26)27/h2-7,13,16H,1H3,(H,28,32)(H,29,31)(H,30,33)/t7?,13-/m1/s1. The monoisotopic (exact) mass is 509 g/mol. The van der Waals surface area contributed by atoms with E-state index < -0.39 is 68.8 Å². The number of alkyl halides is 4. The Kier molecular flexibility index (Phi) is 6.85. The van der Waals surface area contributed by atoms with Gasteiger partial charge >= 0.3 is 6.43 Å². The van der Waals surface area contributed by atoms with Crippen LogP contribution in [0.15, 0.2) is 30.3 Å². The third-order valence-corrected chi connectivity index (χ3v) is 6.12. The van der Waals surface area contributed by atoms with E-state index >= 15 is 0 Å². The van der Waals surface area contributed by atoms with Gasteiger partial charge in [0, 0.05) is 11.6 Å². The summed E-state index contributed by atoms with van der Waals surface area (Å²) in [6.45, 7) is 1.66. The van der Waals surface area contributed by atoms with E-state index in [1.807, 2.05) is 5.32 Å². The molecule has 1 aliphatic rings. The molecule has 1 aliphatic carbocycles. The number of nitrogens with one attached hydrogen (secondary N) is 3. The molecule has 176 valence electrons. The molecule has 3 N–H and O–H groups in total. The second-order valence-corrected chi connectivity index (χ2v) is 8.60. The fourth-order valence-electron chi connectivity index (χ4n) is 3.01. The van der Waals surface area contributed by atoms with E-state index in [0.29, 0.717) is 6.07 Å². The van der Waals surface area contributed by atoms with Gasteiger partial charge in [0.05, 0.1) is 17.2 Å². The summed E-state index contributed by atoms with van der Waals surface area (Å²) < 4.78 is 66.0. The van der Waals surface area contributed by atoms with E-state index in [-0.39, 0.29) is 11.6 Å². The van der Waals surface area contributed by atoms with Gasteiger partial charge in [-0.25, -0.2) is 13.2 Å². The first-order chi connectivity index (χ1) is 15.3. The minimum Gasteiger partial charge on any atom is -0.326 e. The molecule has 0 heterocycles. The summed E-state index contributed by atoms with van der Waals surface area (Å²) in [5, 5.41) is 5.77. The maximum atomic E-state index is 14.5. The Morgan fingerprint density at radius 2 is 1.58 bits per heavy atom. The van der Waals surface area contributed by atoms with E-state index in [2.05, 4.69) is 5.32 Å². The largest absolute Gasteiger partial charge is 0.326 e. The summed E-state index contributed by atoms with van der Waals surface area (Å²) >= 11 is 11.9. The van der Waals surface area contributed by atoms with Crippen LogP contribution in [0.5, 0.6) is 0 Å². The molecule has 1 fully saturated rings. The van der Waals surface area contributed by atoms with Crippen LogP contribution in [0, 0.1) is 29.3 Å². The molecule has 3 amide bonds. The number of anilines is 3. The van der Waals surface area contributed by atoms with Gasteiger partial charge in [0.15, 0.2) is 5.82 Å². The van der Waals surface area contributed by atoms with Crippen molar-refractivity contribution in [2.24, 2.45) is 11.8 Å². The normalized spacial score (nSPS) is 18.6. The van der Waals surface area contributed by atoms with Gasteiger partial charge in [-0.1, -0.05) is 6.92 Å². The maximum Gasteiger partial charge on any atom is 0.315 e. The van der Waals surface area contributed by atoms with Crippen molar-refractivity contribution in [1.29, 1.82) is 0 Å². The van der Waals surface area contributed by atoms with Crippen molar-refractivity contribution in [3.63, 3.8) is 0 Å². The third kappa shape index (κ3) is 5.03. The highest BCUT2D eigenvalue weighted by Crippen LogP contribution is 2.59. The van der Waals surface area contributed by atoms with Crippen LogP contribution in [-0.2, 0) is 9.59 Å². The first-order valence-electron chi connectivity index (χ1n) is 9.21. The highest BCUT2D eigenvalue weighted by molar-refractivity contribution is 6.53. The Morgan fingerprint density at radius 3 is 2.15 bits per heavy atom. The van der Waals surface area contributed by atoms with Crippen LogP contribution in [0.2, 0.25) is 0 Å². The highest BCUT2D eigenvalue weighted by Gasteiger charge is 2.64. The van der Waals surface area contributed by atoms with Crippen molar-refractivity contribution >= 4 is 58.0 Å². The lowest BCUT2D eigenvalue weighted by atomic mass is 10.1. The van der Waals surface area contributed by atoms with E-state index in [0.717, 1.165) is 24.3 Å². The van der Waals surface area contributed by atoms with Gasteiger partial charge in [-0.3, -0.25) is 14.4 Å².